The molecular weight excluding hydrogens is 232 g/mol. The highest BCUT2D eigenvalue weighted by atomic mass is 16.5. The Balaban J connectivity index is 2.08. The third-order valence-corrected chi connectivity index (χ3v) is 2.71. The predicted octanol–water partition coefficient (Wildman–Crippen LogP) is 1.19. The minimum absolute atomic E-state index is 0.107. The molecule has 1 amide bonds. The van der Waals surface area contributed by atoms with Crippen LogP contribution in [0.3, 0.4) is 0 Å². The smallest absolute Gasteiger partial charge is 0.255 e. The zero-order chi connectivity index (χ0) is 13.0. The fraction of sp³-hybridized carbons (Fsp3) is 0.462. The molecule has 0 unspecified atom stereocenters. The van der Waals surface area contributed by atoms with Crippen molar-refractivity contribution in [3.05, 3.63) is 23.8 Å². The average molecular weight is 250 g/mol. The molecule has 0 radical (unpaired) electrons. The number of nitrogens with two attached hydrogens (primary N) is 1. The second-order valence-corrected chi connectivity index (χ2v) is 4.34. The molecule has 0 aliphatic heterocycles. The molecule has 98 valence electrons. The van der Waals surface area contributed by atoms with Crippen LogP contribution in [0.2, 0.25) is 0 Å². The molecule has 5 nitrogen and oxygen atoms in total. The maximum Gasteiger partial charge on any atom is 0.255 e. The van der Waals surface area contributed by atoms with Crippen LogP contribution in [0.5, 0.6) is 5.75 Å². The Labute approximate surface area is 106 Å². The molecule has 0 heterocycles. The van der Waals surface area contributed by atoms with E-state index in [-0.39, 0.29) is 5.91 Å². The van der Waals surface area contributed by atoms with Crippen molar-refractivity contribution in [2.24, 2.45) is 0 Å². The predicted molar refractivity (Wildman–Crippen MR) is 68.7 cm³/mol. The highest BCUT2D eigenvalue weighted by Gasteiger charge is 2.25. The molecule has 0 bridgehead atoms. The molecule has 1 aliphatic rings. The largest absolute Gasteiger partial charge is 0.490 e. The van der Waals surface area contributed by atoms with E-state index in [0.717, 1.165) is 12.8 Å². The van der Waals surface area contributed by atoms with Gasteiger partial charge in [-0.3, -0.25) is 4.79 Å². The number of carbonyl (C=O) groups excluding carboxylic acids is 1. The van der Waals surface area contributed by atoms with Crippen LogP contribution in [0.4, 0.5) is 5.69 Å². The number of rotatable bonds is 6. The number of nitrogens with one attached hydrogen (secondary N) is 1. The maximum atomic E-state index is 12.0. The van der Waals surface area contributed by atoms with E-state index in [2.05, 4.69) is 5.32 Å². The lowest BCUT2D eigenvalue weighted by Crippen LogP contribution is -2.26. The van der Waals surface area contributed by atoms with Gasteiger partial charge in [-0.15, -0.1) is 0 Å². The minimum Gasteiger partial charge on any atom is -0.490 e. The summed E-state index contributed by atoms with van der Waals surface area (Å²) < 4.78 is 10.4. The lowest BCUT2D eigenvalue weighted by atomic mass is 10.1. The second-order valence-electron chi connectivity index (χ2n) is 4.34. The average Bonchev–Trinajstić information content (AvgIpc) is 3.13. The van der Waals surface area contributed by atoms with Crippen molar-refractivity contribution in [1.82, 2.24) is 5.32 Å². The van der Waals surface area contributed by atoms with E-state index in [1.807, 2.05) is 0 Å². The Bertz CT molecular complexity index is 430. The second kappa shape index (κ2) is 5.73. The summed E-state index contributed by atoms with van der Waals surface area (Å²) in [6.45, 7) is 0.863. The monoisotopic (exact) mass is 250 g/mol. The lowest BCUT2D eigenvalue weighted by molar-refractivity contribution is 0.0943. The van der Waals surface area contributed by atoms with Gasteiger partial charge in [-0.2, -0.15) is 0 Å². The fourth-order valence-corrected chi connectivity index (χ4v) is 1.57. The van der Waals surface area contributed by atoms with E-state index < -0.39 is 0 Å². The van der Waals surface area contributed by atoms with Crippen LogP contribution in [-0.4, -0.2) is 32.3 Å². The van der Waals surface area contributed by atoms with Gasteiger partial charge in [-0.05, 0) is 25.0 Å². The SMILES string of the molecule is COCCOc1cc(N)ccc1C(=O)NC1CC1. The third-order valence-electron chi connectivity index (χ3n) is 2.71. The summed E-state index contributed by atoms with van der Waals surface area (Å²) in [7, 11) is 1.60. The van der Waals surface area contributed by atoms with Crippen molar-refractivity contribution in [1.29, 1.82) is 0 Å². The van der Waals surface area contributed by atoms with Gasteiger partial charge in [0.15, 0.2) is 0 Å². The maximum absolute atomic E-state index is 12.0. The number of anilines is 1. The number of ether oxygens (including phenoxy) is 2. The first-order valence-electron chi connectivity index (χ1n) is 6.03. The van der Waals surface area contributed by atoms with Gasteiger partial charge < -0.3 is 20.5 Å². The van der Waals surface area contributed by atoms with Crippen molar-refractivity contribution >= 4 is 11.6 Å². The molecule has 0 aromatic heterocycles. The number of hydrogen-bond acceptors (Lipinski definition) is 4. The number of nitrogen functional groups attached to an aromatic ring is 1. The van der Waals surface area contributed by atoms with Gasteiger partial charge >= 0.3 is 0 Å². The summed E-state index contributed by atoms with van der Waals surface area (Å²) in [5.41, 5.74) is 6.80. The molecule has 18 heavy (non-hydrogen) atoms. The molecule has 1 fully saturated rings. The molecule has 1 aliphatic carbocycles. The fourth-order valence-electron chi connectivity index (χ4n) is 1.57. The van der Waals surface area contributed by atoms with Gasteiger partial charge in [0, 0.05) is 24.9 Å². The third kappa shape index (κ3) is 3.37. The molecule has 1 aromatic carbocycles. The van der Waals surface area contributed by atoms with Crippen LogP contribution in [0.1, 0.15) is 23.2 Å². The first-order valence-corrected chi connectivity index (χ1v) is 6.03. The molecule has 1 saturated carbocycles. The van der Waals surface area contributed by atoms with Crippen LogP contribution in [-0.2, 0) is 4.74 Å². The summed E-state index contributed by atoms with van der Waals surface area (Å²) in [4.78, 5) is 12.0. The number of amides is 1. The van der Waals surface area contributed by atoms with Gasteiger partial charge in [0.05, 0.1) is 12.2 Å². The Morgan fingerprint density at radius 2 is 2.22 bits per heavy atom. The highest BCUT2D eigenvalue weighted by Crippen LogP contribution is 2.24. The van der Waals surface area contributed by atoms with E-state index >= 15 is 0 Å². The molecule has 0 spiro atoms. The summed E-state index contributed by atoms with van der Waals surface area (Å²) in [6, 6.07) is 5.37. The Hall–Kier alpha value is -1.75. The molecule has 3 N–H and O–H groups in total. The molecule has 0 atom stereocenters. The van der Waals surface area contributed by atoms with Crippen LogP contribution in [0.25, 0.3) is 0 Å². The van der Waals surface area contributed by atoms with Crippen molar-refractivity contribution < 1.29 is 14.3 Å². The van der Waals surface area contributed by atoms with Crippen LogP contribution in [0, 0.1) is 0 Å². The summed E-state index contributed by atoms with van der Waals surface area (Å²) in [6.07, 6.45) is 2.11. The van der Waals surface area contributed by atoms with Crippen LogP contribution in [0.15, 0.2) is 18.2 Å². The van der Waals surface area contributed by atoms with E-state index in [1.165, 1.54) is 0 Å². The van der Waals surface area contributed by atoms with Crippen LogP contribution < -0.4 is 15.8 Å². The zero-order valence-electron chi connectivity index (χ0n) is 10.4. The standard InChI is InChI=1S/C13H18N2O3/c1-17-6-7-18-12-8-9(14)2-5-11(12)13(16)15-10-3-4-10/h2,5,8,10H,3-4,6-7,14H2,1H3,(H,15,16). The molecule has 0 saturated heterocycles. The quantitative estimate of drug-likeness (QED) is 0.587. The van der Waals surface area contributed by atoms with Crippen molar-refractivity contribution in [2.75, 3.05) is 26.1 Å². The topological polar surface area (TPSA) is 73.6 Å². The minimum atomic E-state index is -0.107. The first kappa shape index (κ1) is 12.7. The van der Waals surface area contributed by atoms with Gasteiger partial charge in [0.25, 0.3) is 5.91 Å². The molecule has 5 heteroatoms. The number of benzene rings is 1. The number of methoxy groups -OCH3 is 1. The van der Waals surface area contributed by atoms with Crippen molar-refractivity contribution in [2.45, 2.75) is 18.9 Å². The summed E-state index contributed by atoms with van der Waals surface area (Å²) in [5.74, 6) is 0.398. The zero-order valence-corrected chi connectivity index (χ0v) is 10.4. The van der Waals surface area contributed by atoms with Gasteiger partial charge in [-0.1, -0.05) is 0 Å². The molecule has 2 rings (SSSR count). The molecule has 1 aromatic rings. The van der Waals surface area contributed by atoms with E-state index in [0.29, 0.717) is 36.3 Å². The molecular formula is C13H18N2O3. The van der Waals surface area contributed by atoms with Gasteiger partial charge in [-0.25, -0.2) is 0 Å². The Morgan fingerprint density at radius 1 is 1.44 bits per heavy atom. The van der Waals surface area contributed by atoms with Gasteiger partial charge in [0.2, 0.25) is 0 Å². The normalized spacial score (nSPS) is 14.3. The summed E-state index contributed by atoms with van der Waals surface area (Å²) in [5, 5.41) is 2.93. The number of carbonyl (C=O) groups is 1. The van der Waals surface area contributed by atoms with E-state index in [4.69, 9.17) is 15.2 Å². The number of hydrogen-bond donors (Lipinski definition) is 2. The summed E-state index contributed by atoms with van der Waals surface area (Å²) >= 11 is 0. The van der Waals surface area contributed by atoms with Crippen LogP contribution >= 0.6 is 0 Å². The van der Waals surface area contributed by atoms with Crippen molar-refractivity contribution in [3.63, 3.8) is 0 Å². The van der Waals surface area contributed by atoms with E-state index in [1.54, 1.807) is 25.3 Å². The van der Waals surface area contributed by atoms with Gasteiger partial charge in [0.1, 0.15) is 12.4 Å². The Kier molecular flexibility index (Phi) is 4.04. The Morgan fingerprint density at radius 3 is 2.89 bits per heavy atom. The first-order chi connectivity index (χ1) is 8.70. The highest BCUT2D eigenvalue weighted by molar-refractivity contribution is 5.97. The lowest BCUT2D eigenvalue weighted by Gasteiger charge is -2.12. The van der Waals surface area contributed by atoms with Crippen molar-refractivity contribution in [3.8, 4) is 5.75 Å². The van der Waals surface area contributed by atoms with E-state index in [9.17, 15) is 4.79 Å².